The van der Waals surface area contributed by atoms with Gasteiger partial charge in [0.2, 0.25) is 0 Å². The van der Waals surface area contributed by atoms with Crippen LogP contribution in [0.5, 0.6) is 5.75 Å². The third kappa shape index (κ3) is 10.8. The zero-order valence-corrected chi connectivity index (χ0v) is 20.4. The van der Waals surface area contributed by atoms with Crippen LogP contribution in [-0.4, -0.2) is 44.9 Å². The fraction of sp³-hybridized carbons (Fsp3) is 0.571. The van der Waals surface area contributed by atoms with Crippen LogP contribution < -0.4 is 4.74 Å². The summed E-state index contributed by atoms with van der Waals surface area (Å²) < 4.78 is 12.8. The minimum absolute atomic E-state index is 0.605. The van der Waals surface area contributed by atoms with Gasteiger partial charge in [0.05, 0.1) is 27.3 Å². The fourth-order valence-corrected chi connectivity index (χ4v) is 3.85. The van der Waals surface area contributed by atoms with Crippen LogP contribution in [-0.2, 0) is 17.7 Å². The van der Waals surface area contributed by atoms with Crippen LogP contribution in [0.2, 0.25) is 0 Å². The van der Waals surface area contributed by atoms with Gasteiger partial charge in [-0.15, -0.1) is 0 Å². The van der Waals surface area contributed by atoms with E-state index in [9.17, 15) is 0 Å². The summed E-state index contributed by atoms with van der Waals surface area (Å²) in [6.45, 7) is 8.38. The Bertz CT molecular complexity index is 727. The molecule has 0 amide bonds. The van der Waals surface area contributed by atoms with Crippen molar-refractivity contribution in [2.75, 3.05) is 40.5 Å². The molecular weight excluding hydrogens is 382 g/mol. The van der Waals surface area contributed by atoms with Crippen molar-refractivity contribution >= 4 is 0 Å². The van der Waals surface area contributed by atoms with Gasteiger partial charge in [0, 0.05) is 5.56 Å². The highest BCUT2D eigenvalue weighted by atomic mass is 16.5. The Morgan fingerprint density at radius 3 is 2.29 bits per heavy atom. The van der Waals surface area contributed by atoms with Crippen LogP contribution in [0, 0.1) is 6.92 Å². The zero-order valence-electron chi connectivity index (χ0n) is 20.4. The van der Waals surface area contributed by atoms with Gasteiger partial charge in [0.1, 0.15) is 25.4 Å². The molecule has 0 aliphatic carbocycles. The van der Waals surface area contributed by atoms with E-state index in [1.54, 1.807) is 0 Å². The Morgan fingerprint density at radius 1 is 0.774 bits per heavy atom. The van der Waals surface area contributed by atoms with Crippen LogP contribution in [0.25, 0.3) is 0 Å². The highest BCUT2D eigenvalue weighted by Crippen LogP contribution is 2.21. The summed E-state index contributed by atoms with van der Waals surface area (Å²) >= 11 is 0. The van der Waals surface area contributed by atoms with E-state index in [0.717, 1.165) is 36.3 Å². The van der Waals surface area contributed by atoms with E-state index < -0.39 is 0 Å². The minimum atomic E-state index is 0.605. The third-order valence-electron chi connectivity index (χ3n) is 5.85. The Labute approximate surface area is 191 Å². The standard InChI is InChI=1S/C28H44NO2/c1-5-6-7-8-9-11-14-26-18-17-25(2)28(23-26)31-22-21-30-20-19-29(3,4)24-27-15-12-10-13-16-27/h10,12-13,15-18,23H,5-9,11,14,19-22,24H2,1-4H3/q+1. The normalized spacial score (nSPS) is 11.6. The fourth-order valence-electron chi connectivity index (χ4n) is 3.85. The Morgan fingerprint density at radius 2 is 1.52 bits per heavy atom. The number of hydrogen-bond acceptors (Lipinski definition) is 2. The van der Waals surface area contributed by atoms with Crippen molar-refractivity contribution in [3.63, 3.8) is 0 Å². The molecule has 0 saturated carbocycles. The molecule has 0 unspecified atom stereocenters. The summed E-state index contributed by atoms with van der Waals surface area (Å²) in [6.07, 6.45) is 9.17. The molecule has 0 saturated heterocycles. The second kappa shape index (κ2) is 14.3. The monoisotopic (exact) mass is 426 g/mol. The average Bonchev–Trinajstić information content (AvgIpc) is 2.75. The van der Waals surface area contributed by atoms with Crippen LogP contribution >= 0.6 is 0 Å². The van der Waals surface area contributed by atoms with E-state index in [1.165, 1.54) is 55.2 Å². The highest BCUT2D eigenvalue weighted by Gasteiger charge is 2.15. The van der Waals surface area contributed by atoms with Crippen molar-refractivity contribution in [3.05, 3.63) is 65.2 Å². The molecule has 2 aromatic carbocycles. The topological polar surface area (TPSA) is 18.5 Å². The molecule has 0 heterocycles. The van der Waals surface area contributed by atoms with E-state index in [4.69, 9.17) is 9.47 Å². The molecule has 0 atom stereocenters. The summed E-state index contributed by atoms with van der Waals surface area (Å²) in [4.78, 5) is 0. The van der Waals surface area contributed by atoms with Gasteiger partial charge in [-0.2, -0.15) is 0 Å². The number of likely N-dealkylation sites (N-methyl/N-ethyl adjacent to an activating group) is 1. The molecule has 0 aliphatic heterocycles. The zero-order chi connectivity index (χ0) is 22.4. The molecule has 0 fully saturated rings. The number of nitrogens with zero attached hydrogens (tertiary/aromatic N) is 1. The molecule has 172 valence electrons. The van der Waals surface area contributed by atoms with Crippen molar-refractivity contribution in [2.45, 2.75) is 65.3 Å². The van der Waals surface area contributed by atoms with Gasteiger partial charge < -0.3 is 14.0 Å². The molecule has 0 N–H and O–H groups in total. The predicted molar refractivity (Wildman–Crippen MR) is 132 cm³/mol. The van der Waals surface area contributed by atoms with Crippen LogP contribution in [0.4, 0.5) is 0 Å². The number of unbranched alkanes of at least 4 members (excludes halogenated alkanes) is 5. The number of ether oxygens (including phenoxy) is 2. The van der Waals surface area contributed by atoms with Gasteiger partial charge in [-0.25, -0.2) is 0 Å². The first-order valence-corrected chi connectivity index (χ1v) is 12.2. The van der Waals surface area contributed by atoms with Crippen LogP contribution in [0.1, 0.15) is 62.1 Å². The van der Waals surface area contributed by atoms with Gasteiger partial charge in [0.25, 0.3) is 0 Å². The second-order valence-electron chi connectivity index (χ2n) is 9.38. The lowest BCUT2D eigenvalue weighted by atomic mass is 10.0. The molecule has 0 bridgehead atoms. The molecule has 2 rings (SSSR count). The lowest BCUT2D eigenvalue weighted by molar-refractivity contribution is -0.904. The molecule has 2 aromatic rings. The quantitative estimate of drug-likeness (QED) is 0.223. The lowest BCUT2D eigenvalue weighted by Crippen LogP contribution is -2.41. The van der Waals surface area contributed by atoms with Crippen molar-refractivity contribution in [1.82, 2.24) is 0 Å². The Kier molecular flexibility index (Phi) is 11.7. The second-order valence-corrected chi connectivity index (χ2v) is 9.38. The predicted octanol–water partition coefficient (Wildman–Crippen LogP) is 6.57. The SMILES string of the molecule is CCCCCCCCc1ccc(C)c(OCCOCC[N+](C)(C)Cc2ccccc2)c1. The molecule has 3 heteroatoms. The van der Waals surface area contributed by atoms with Gasteiger partial charge in [-0.1, -0.05) is 81.5 Å². The summed E-state index contributed by atoms with van der Waals surface area (Å²) in [5, 5.41) is 0. The van der Waals surface area contributed by atoms with E-state index in [-0.39, 0.29) is 0 Å². The van der Waals surface area contributed by atoms with E-state index in [1.807, 2.05) is 0 Å². The lowest BCUT2D eigenvalue weighted by Gasteiger charge is -2.29. The molecule has 0 aromatic heterocycles. The maximum absolute atomic E-state index is 6.03. The van der Waals surface area contributed by atoms with E-state index >= 15 is 0 Å². The van der Waals surface area contributed by atoms with Crippen LogP contribution in [0.3, 0.4) is 0 Å². The summed E-state index contributed by atoms with van der Waals surface area (Å²) in [5.41, 5.74) is 3.96. The van der Waals surface area contributed by atoms with E-state index in [0.29, 0.717) is 13.2 Å². The molecule has 0 radical (unpaired) electrons. The van der Waals surface area contributed by atoms with E-state index in [2.05, 4.69) is 76.5 Å². The first-order chi connectivity index (χ1) is 15.0. The van der Waals surface area contributed by atoms with Gasteiger partial charge in [-0.05, 0) is 37.0 Å². The maximum atomic E-state index is 6.03. The summed E-state index contributed by atoms with van der Waals surface area (Å²) in [5.74, 6) is 1.01. The largest absolute Gasteiger partial charge is 0.491 e. The van der Waals surface area contributed by atoms with Crippen molar-refractivity contribution in [1.29, 1.82) is 0 Å². The number of benzene rings is 2. The van der Waals surface area contributed by atoms with Gasteiger partial charge >= 0.3 is 0 Å². The maximum Gasteiger partial charge on any atom is 0.122 e. The minimum Gasteiger partial charge on any atom is -0.491 e. The highest BCUT2D eigenvalue weighted by molar-refractivity contribution is 5.36. The molecule has 0 spiro atoms. The molecule has 3 nitrogen and oxygen atoms in total. The van der Waals surface area contributed by atoms with Gasteiger partial charge in [-0.3, -0.25) is 0 Å². The Balaban J connectivity index is 1.63. The molecular formula is C28H44NO2+. The summed E-state index contributed by atoms with van der Waals surface area (Å²) in [7, 11) is 4.51. The number of quaternary nitrogens is 1. The number of rotatable bonds is 16. The smallest absolute Gasteiger partial charge is 0.122 e. The first-order valence-electron chi connectivity index (χ1n) is 12.2. The van der Waals surface area contributed by atoms with Gasteiger partial charge in [0.15, 0.2) is 0 Å². The van der Waals surface area contributed by atoms with Crippen molar-refractivity contribution < 1.29 is 14.0 Å². The van der Waals surface area contributed by atoms with Crippen molar-refractivity contribution in [3.8, 4) is 5.75 Å². The number of hydrogen-bond donors (Lipinski definition) is 0. The molecule has 31 heavy (non-hydrogen) atoms. The average molecular weight is 427 g/mol. The third-order valence-corrected chi connectivity index (χ3v) is 5.85. The number of aryl methyl sites for hydroxylation is 2. The molecule has 0 aliphatic rings. The summed E-state index contributed by atoms with van der Waals surface area (Å²) in [6, 6.07) is 17.3. The Hall–Kier alpha value is -1.84. The van der Waals surface area contributed by atoms with Crippen molar-refractivity contribution in [2.24, 2.45) is 0 Å². The first kappa shape index (κ1) is 25.4. The van der Waals surface area contributed by atoms with Crippen LogP contribution in [0.15, 0.2) is 48.5 Å².